The lowest BCUT2D eigenvalue weighted by molar-refractivity contribution is -0.129. The standard InChI is InChI=1S/C20H20FN3O3/c1-19-4-5-25-10-17(19)20(11-26-18(22)24-20)15-7-12(2-3-16(15)27-19)13-6-14(21)9-23-8-13/h2-3,6-9,17H,4-5,10-11H2,1H3,(H2,22,24)/t17-,19-,20+/m1/s1. The first-order valence-electron chi connectivity index (χ1n) is 9.01. The third kappa shape index (κ3) is 2.41. The summed E-state index contributed by atoms with van der Waals surface area (Å²) >= 11 is 0. The summed E-state index contributed by atoms with van der Waals surface area (Å²) in [5, 5.41) is 0. The van der Waals surface area contributed by atoms with E-state index in [-0.39, 0.29) is 17.8 Å². The van der Waals surface area contributed by atoms with E-state index in [1.807, 2.05) is 18.2 Å². The van der Waals surface area contributed by atoms with Crippen molar-refractivity contribution in [3.05, 3.63) is 48.0 Å². The van der Waals surface area contributed by atoms with Crippen LogP contribution in [-0.4, -0.2) is 36.4 Å². The Hall–Kier alpha value is -2.67. The van der Waals surface area contributed by atoms with Crippen molar-refractivity contribution in [3.8, 4) is 16.9 Å². The molecule has 1 spiro atoms. The van der Waals surface area contributed by atoms with Crippen LogP contribution in [0.25, 0.3) is 11.1 Å². The number of hydrogen-bond acceptors (Lipinski definition) is 6. The number of amidine groups is 1. The van der Waals surface area contributed by atoms with E-state index in [1.54, 1.807) is 6.20 Å². The van der Waals surface area contributed by atoms with Crippen molar-refractivity contribution >= 4 is 6.02 Å². The Labute approximate surface area is 156 Å². The molecule has 0 bridgehead atoms. The second kappa shape index (κ2) is 5.66. The third-order valence-corrected chi connectivity index (χ3v) is 5.92. The van der Waals surface area contributed by atoms with Gasteiger partial charge in [-0.05, 0) is 30.7 Å². The largest absolute Gasteiger partial charge is 0.487 e. The van der Waals surface area contributed by atoms with Gasteiger partial charge in [-0.3, -0.25) is 4.98 Å². The van der Waals surface area contributed by atoms with Gasteiger partial charge in [0, 0.05) is 23.7 Å². The number of ether oxygens (including phenoxy) is 3. The summed E-state index contributed by atoms with van der Waals surface area (Å²) in [5.74, 6) is 0.343. The zero-order valence-corrected chi connectivity index (χ0v) is 14.9. The SMILES string of the molecule is C[C@@]12CCOC[C@H]1[C@]1(COC(N)=N1)c1cc(-c3cncc(F)c3)ccc1O2. The molecule has 0 saturated carbocycles. The molecule has 140 valence electrons. The fourth-order valence-electron chi connectivity index (χ4n) is 4.50. The van der Waals surface area contributed by atoms with Crippen molar-refractivity contribution in [2.45, 2.75) is 24.5 Å². The molecule has 3 aliphatic heterocycles. The number of aliphatic imine (C=N–C) groups is 1. The lowest BCUT2D eigenvalue weighted by Gasteiger charge is -2.52. The van der Waals surface area contributed by atoms with E-state index in [1.165, 1.54) is 12.3 Å². The van der Waals surface area contributed by atoms with Crippen LogP contribution >= 0.6 is 0 Å². The van der Waals surface area contributed by atoms with E-state index in [9.17, 15) is 4.39 Å². The quantitative estimate of drug-likeness (QED) is 0.836. The lowest BCUT2D eigenvalue weighted by Crippen LogP contribution is -2.59. The second-order valence-electron chi connectivity index (χ2n) is 7.56. The van der Waals surface area contributed by atoms with Gasteiger partial charge in [0.05, 0.1) is 25.3 Å². The van der Waals surface area contributed by atoms with Gasteiger partial charge in [0.25, 0.3) is 6.02 Å². The van der Waals surface area contributed by atoms with Crippen molar-refractivity contribution in [1.82, 2.24) is 4.98 Å². The molecule has 3 aliphatic rings. The molecular weight excluding hydrogens is 349 g/mol. The number of nitrogens with zero attached hydrogens (tertiary/aromatic N) is 2. The number of rotatable bonds is 1. The van der Waals surface area contributed by atoms with E-state index in [2.05, 4.69) is 11.9 Å². The highest BCUT2D eigenvalue weighted by Crippen LogP contribution is 2.54. The van der Waals surface area contributed by atoms with Gasteiger partial charge >= 0.3 is 0 Å². The Morgan fingerprint density at radius 2 is 2.11 bits per heavy atom. The molecule has 0 unspecified atom stereocenters. The number of benzene rings is 1. The first-order valence-corrected chi connectivity index (χ1v) is 9.01. The summed E-state index contributed by atoms with van der Waals surface area (Å²) in [6.07, 6.45) is 3.59. The van der Waals surface area contributed by atoms with E-state index < -0.39 is 11.1 Å². The third-order valence-electron chi connectivity index (χ3n) is 5.92. The van der Waals surface area contributed by atoms with Gasteiger partial charge in [0.1, 0.15) is 29.3 Å². The Balaban J connectivity index is 1.70. The zero-order chi connectivity index (χ0) is 18.6. The molecule has 0 aliphatic carbocycles. The molecule has 3 atom stereocenters. The van der Waals surface area contributed by atoms with E-state index >= 15 is 0 Å². The maximum atomic E-state index is 13.6. The van der Waals surface area contributed by atoms with Crippen LogP contribution < -0.4 is 10.5 Å². The Morgan fingerprint density at radius 1 is 1.22 bits per heavy atom. The summed E-state index contributed by atoms with van der Waals surface area (Å²) in [6.45, 7) is 3.59. The van der Waals surface area contributed by atoms with Gasteiger partial charge in [0.15, 0.2) is 0 Å². The number of nitrogens with two attached hydrogens (primary N) is 1. The highest BCUT2D eigenvalue weighted by Gasteiger charge is 2.59. The van der Waals surface area contributed by atoms with Gasteiger partial charge < -0.3 is 19.9 Å². The zero-order valence-electron chi connectivity index (χ0n) is 14.9. The van der Waals surface area contributed by atoms with Crippen LogP contribution in [0.2, 0.25) is 0 Å². The van der Waals surface area contributed by atoms with E-state index in [4.69, 9.17) is 24.9 Å². The number of halogens is 1. The smallest absolute Gasteiger partial charge is 0.283 e. The maximum Gasteiger partial charge on any atom is 0.283 e. The summed E-state index contributed by atoms with van der Waals surface area (Å²) < 4.78 is 31.4. The van der Waals surface area contributed by atoms with Crippen molar-refractivity contribution in [1.29, 1.82) is 0 Å². The fourth-order valence-corrected chi connectivity index (χ4v) is 4.50. The summed E-state index contributed by atoms with van der Waals surface area (Å²) in [6, 6.07) is 7.44. The van der Waals surface area contributed by atoms with Crippen LogP contribution in [0.15, 0.2) is 41.7 Å². The predicted octanol–water partition coefficient (Wildman–Crippen LogP) is 2.62. The van der Waals surface area contributed by atoms with E-state index in [0.717, 1.165) is 23.3 Å². The van der Waals surface area contributed by atoms with Crippen LogP contribution in [0.4, 0.5) is 4.39 Å². The number of pyridine rings is 1. The second-order valence-corrected chi connectivity index (χ2v) is 7.56. The molecule has 7 heteroatoms. The molecule has 1 aromatic heterocycles. The lowest BCUT2D eigenvalue weighted by atomic mass is 9.66. The molecule has 0 radical (unpaired) electrons. The molecule has 1 fully saturated rings. The van der Waals surface area contributed by atoms with Crippen LogP contribution in [0.1, 0.15) is 18.9 Å². The monoisotopic (exact) mass is 369 g/mol. The molecule has 0 amide bonds. The normalized spacial score (nSPS) is 31.5. The molecule has 5 rings (SSSR count). The van der Waals surface area contributed by atoms with Gasteiger partial charge in [-0.25, -0.2) is 9.38 Å². The molecule has 1 saturated heterocycles. The number of hydrogen-bond donors (Lipinski definition) is 1. The first-order chi connectivity index (χ1) is 13.0. The molecule has 1 aromatic carbocycles. The highest BCUT2D eigenvalue weighted by molar-refractivity contribution is 5.75. The maximum absolute atomic E-state index is 13.6. The van der Waals surface area contributed by atoms with Gasteiger partial charge in [-0.1, -0.05) is 6.07 Å². The van der Waals surface area contributed by atoms with Crippen molar-refractivity contribution < 1.29 is 18.6 Å². The van der Waals surface area contributed by atoms with Gasteiger partial charge in [0.2, 0.25) is 0 Å². The fraction of sp³-hybridized carbons (Fsp3) is 0.400. The number of fused-ring (bicyclic) bond motifs is 4. The van der Waals surface area contributed by atoms with Crippen molar-refractivity contribution in [3.63, 3.8) is 0 Å². The average molecular weight is 369 g/mol. The summed E-state index contributed by atoms with van der Waals surface area (Å²) in [7, 11) is 0. The Bertz CT molecular complexity index is 950. The van der Waals surface area contributed by atoms with Gasteiger partial charge in [-0.2, -0.15) is 0 Å². The Kier molecular flexibility index (Phi) is 3.46. The average Bonchev–Trinajstić information content (AvgIpc) is 3.04. The molecule has 2 aromatic rings. The van der Waals surface area contributed by atoms with Crippen molar-refractivity contribution in [2.75, 3.05) is 19.8 Å². The van der Waals surface area contributed by atoms with Gasteiger partial charge in [-0.15, -0.1) is 0 Å². The number of aromatic nitrogens is 1. The minimum atomic E-state index is -0.677. The molecule has 4 heterocycles. The predicted molar refractivity (Wildman–Crippen MR) is 96.8 cm³/mol. The minimum Gasteiger partial charge on any atom is -0.487 e. The van der Waals surface area contributed by atoms with Crippen LogP contribution in [-0.2, 0) is 15.0 Å². The van der Waals surface area contributed by atoms with Crippen LogP contribution in [0, 0.1) is 11.7 Å². The molecule has 2 N–H and O–H groups in total. The summed E-state index contributed by atoms with van der Waals surface area (Å²) in [4.78, 5) is 8.68. The molecular formula is C20H20FN3O3. The van der Waals surface area contributed by atoms with E-state index in [0.29, 0.717) is 25.4 Å². The van der Waals surface area contributed by atoms with Crippen LogP contribution in [0.3, 0.4) is 0 Å². The van der Waals surface area contributed by atoms with Crippen molar-refractivity contribution in [2.24, 2.45) is 16.6 Å². The Morgan fingerprint density at radius 3 is 2.89 bits per heavy atom. The minimum absolute atomic E-state index is 0.0341. The highest BCUT2D eigenvalue weighted by atomic mass is 19.1. The summed E-state index contributed by atoms with van der Waals surface area (Å²) in [5.41, 5.74) is 7.25. The molecule has 6 nitrogen and oxygen atoms in total. The topological polar surface area (TPSA) is 79.0 Å². The molecule has 27 heavy (non-hydrogen) atoms. The first kappa shape index (κ1) is 16.5. The van der Waals surface area contributed by atoms with Crippen LogP contribution in [0.5, 0.6) is 5.75 Å².